The number of hydrazone groups is 1. The molecule has 0 bridgehead atoms. The second-order valence-electron chi connectivity index (χ2n) is 5.43. The SMILES string of the molecule is Cc1ccc(OC(C)C(=O)N/N=C/c2cc(Br)cc([N+](=O)[O-])c2O)cc1. The predicted molar refractivity (Wildman–Crippen MR) is 99.5 cm³/mol. The van der Waals surface area contributed by atoms with Crippen molar-refractivity contribution in [3.8, 4) is 11.5 Å². The summed E-state index contributed by atoms with van der Waals surface area (Å²) in [6.45, 7) is 3.50. The van der Waals surface area contributed by atoms with Gasteiger partial charge in [-0.2, -0.15) is 5.10 Å². The molecule has 1 atom stereocenters. The van der Waals surface area contributed by atoms with E-state index in [0.717, 1.165) is 11.8 Å². The van der Waals surface area contributed by atoms with Gasteiger partial charge in [-0.25, -0.2) is 5.43 Å². The Hall–Kier alpha value is -2.94. The number of hydrogen-bond donors (Lipinski definition) is 2. The molecule has 0 aliphatic carbocycles. The van der Waals surface area contributed by atoms with Crippen LogP contribution in [-0.2, 0) is 4.79 Å². The number of aryl methyl sites for hydroxylation is 1. The molecule has 9 heteroatoms. The van der Waals surface area contributed by atoms with E-state index in [2.05, 4.69) is 26.5 Å². The van der Waals surface area contributed by atoms with E-state index in [-0.39, 0.29) is 5.56 Å². The van der Waals surface area contributed by atoms with E-state index in [4.69, 9.17) is 4.74 Å². The lowest BCUT2D eigenvalue weighted by molar-refractivity contribution is -0.385. The number of amides is 1. The fourth-order valence-electron chi connectivity index (χ4n) is 1.97. The highest BCUT2D eigenvalue weighted by Gasteiger charge is 2.18. The molecule has 0 fully saturated rings. The molecule has 0 aliphatic rings. The molecule has 0 heterocycles. The zero-order valence-corrected chi connectivity index (χ0v) is 15.6. The molecule has 1 unspecified atom stereocenters. The summed E-state index contributed by atoms with van der Waals surface area (Å²) in [5.41, 5.74) is 2.95. The summed E-state index contributed by atoms with van der Waals surface area (Å²) in [6.07, 6.45) is 0.309. The predicted octanol–water partition coefficient (Wildman–Crippen LogP) is 3.29. The third-order valence-electron chi connectivity index (χ3n) is 3.36. The Morgan fingerprint density at radius 3 is 2.65 bits per heavy atom. The molecular weight excluding hydrogens is 406 g/mol. The largest absolute Gasteiger partial charge is 0.502 e. The number of phenolic OH excluding ortho intramolecular Hbond substituents is 1. The molecule has 8 nitrogen and oxygen atoms in total. The third kappa shape index (κ3) is 5.03. The van der Waals surface area contributed by atoms with Crippen LogP contribution in [-0.4, -0.2) is 28.3 Å². The van der Waals surface area contributed by atoms with E-state index in [0.29, 0.717) is 10.2 Å². The van der Waals surface area contributed by atoms with Crippen molar-refractivity contribution in [3.05, 3.63) is 62.1 Å². The van der Waals surface area contributed by atoms with Crippen LogP contribution in [0.1, 0.15) is 18.1 Å². The smallest absolute Gasteiger partial charge is 0.312 e. The first-order valence-corrected chi connectivity index (χ1v) is 8.30. The van der Waals surface area contributed by atoms with E-state index in [1.165, 1.54) is 12.1 Å². The van der Waals surface area contributed by atoms with Crippen LogP contribution in [0.5, 0.6) is 11.5 Å². The van der Waals surface area contributed by atoms with Crippen molar-refractivity contribution < 1.29 is 19.6 Å². The first-order chi connectivity index (χ1) is 12.3. The lowest BCUT2D eigenvalue weighted by Crippen LogP contribution is -2.33. The number of phenols is 1. The number of nitrogens with zero attached hydrogens (tertiary/aromatic N) is 2. The summed E-state index contributed by atoms with van der Waals surface area (Å²) in [7, 11) is 0. The van der Waals surface area contributed by atoms with Crippen LogP contribution in [0.4, 0.5) is 5.69 Å². The van der Waals surface area contributed by atoms with Gasteiger partial charge < -0.3 is 9.84 Å². The molecule has 0 spiro atoms. The van der Waals surface area contributed by atoms with Gasteiger partial charge >= 0.3 is 5.69 Å². The monoisotopic (exact) mass is 421 g/mol. The number of aromatic hydroxyl groups is 1. The van der Waals surface area contributed by atoms with Crippen LogP contribution < -0.4 is 10.2 Å². The zero-order valence-electron chi connectivity index (χ0n) is 14.0. The molecule has 136 valence electrons. The second kappa shape index (κ2) is 8.43. The minimum atomic E-state index is -0.805. The van der Waals surface area contributed by atoms with E-state index >= 15 is 0 Å². The summed E-state index contributed by atoms with van der Waals surface area (Å²) in [5.74, 6) is -0.506. The Morgan fingerprint density at radius 2 is 2.04 bits per heavy atom. The van der Waals surface area contributed by atoms with Crippen LogP contribution in [0.2, 0.25) is 0 Å². The Labute approximate surface area is 157 Å². The van der Waals surface area contributed by atoms with Gasteiger partial charge in [-0.05, 0) is 32.0 Å². The minimum Gasteiger partial charge on any atom is -0.502 e. The number of ether oxygens (including phenoxy) is 1. The van der Waals surface area contributed by atoms with Crippen molar-refractivity contribution in [1.82, 2.24) is 5.43 Å². The summed E-state index contributed by atoms with van der Waals surface area (Å²) in [5, 5.41) is 24.5. The molecule has 2 N–H and O–H groups in total. The van der Waals surface area contributed by atoms with Gasteiger partial charge in [0.15, 0.2) is 6.10 Å². The third-order valence-corrected chi connectivity index (χ3v) is 3.82. The first kappa shape index (κ1) is 19.4. The highest BCUT2D eigenvalue weighted by Crippen LogP contribution is 2.32. The number of benzene rings is 2. The van der Waals surface area contributed by atoms with Gasteiger partial charge in [-0.3, -0.25) is 14.9 Å². The second-order valence-corrected chi connectivity index (χ2v) is 6.34. The van der Waals surface area contributed by atoms with E-state index < -0.39 is 28.4 Å². The van der Waals surface area contributed by atoms with Crippen molar-refractivity contribution in [2.45, 2.75) is 20.0 Å². The molecule has 0 aromatic heterocycles. The van der Waals surface area contributed by atoms with Crippen molar-refractivity contribution in [2.24, 2.45) is 5.10 Å². The Balaban J connectivity index is 2.02. The maximum absolute atomic E-state index is 12.0. The number of rotatable bonds is 6. The number of nitrogens with one attached hydrogen (secondary N) is 1. The van der Waals surface area contributed by atoms with Crippen LogP contribution in [0.3, 0.4) is 0 Å². The average molecular weight is 422 g/mol. The normalized spacial score (nSPS) is 12.0. The molecule has 1 amide bonds. The van der Waals surface area contributed by atoms with Crippen molar-refractivity contribution >= 4 is 33.7 Å². The minimum absolute atomic E-state index is 0.0819. The first-order valence-electron chi connectivity index (χ1n) is 7.51. The summed E-state index contributed by atoms with van der Waals surface area (Å²) in [4.78, 5) is 22.2. The Kier molecular flexibility index (Phi) is 6.29. The van der Waals surface area contributed by atoms with Crippen molar-refractivity contribution in [2.75, 3.05) is 0 Å². The molecule has 2 aromatic rings. The van der Waals surface area contributed by atoms with E-state index in [1.54, 1.807) is 19.1 Å². The topological polar surface area (TPSA) is 114 Å². The number of hydrogen-bond acceptors (Lipinski definition) is 6. The number of halogens is 1. The summed E-state index contributed by atoms with van der Waals surface area (Å²) in [6, 6.07) is 9.83. The van der Waals surface area contributed by atoms with Crippen molar-refractivity contribution in [1.29, 1.82) is 0 Å². The number of nitro groups is 1. The van der Waals surface area contributed by atoms with Crippen LogP contribution in [0.25, 0.3) is 0 Å². The van der Waals surface area contributed by atoms with Gasteiger partial charge in [0, 0.05) is 16.1 Å². The molecule has 0 saturated carbocycles. The Morgan fingerprint density at radius 1 is 1.38 bits per heavy atom. The van der Waals surface area contributed by atoms with Crippen LogP contribution >= 0.6 is 15.9 Å². The molecular formula is C17H16BrN3O5. The van der Waals surface area contributed by atoms with E-state index in [1.807, 2.05) is 19.1 Å². The van der Waals surface area contributed by atoms with Gasteiger partial charge in [-0.1, -0.05) is 33.6 Å². The molecule has 2 rings (SSSR count). The maximum Gasteiger partial charge on any atom is 0.312 e. The molecule has 0 aliphatic heterocycles. The number of nitro benzene ring substituents is 1. The van der Waals surface area contributed by atoms with Gasteiger partial charge in [0.05, 0.1) is 11.1 Å². The lowest BCUT2D eigenvalue weighted by atomic mass is 10.2. The van der Waals surface area contributed by atoms with Crippen molar-refractivity contribution in [3.63, 3.8) is 0 Å². The van der Waals surface area contributed by atoms with Gasteiger partial charge in [0.2, 0.25) is 5.75 Å². The molecule has 0 radical (unpaired) electrons. The fraction of sp³-hybridized carbons (Fsp3) is 0.176. The van der Waals surface area contributed by atoms with Gasteiger partial charge in [-0.15, -0.1) is 0 Å². The summed E-state index contributed by atoms with van der Waals surface area (Å²) >= 11 is 3.12. The quantitative estimate of drug-likeness (QED) is 0.421. The molecule has 0 saturated heterocycles. The molecule has 2 aromatic carbocycles. The van der Waals surface area contributed by atoms with E-state index in [9.17, 15) is 20.0 Å². The zero-order chi connectivity index (χ0) is 19.3. The highest BCUT2D eigenvalue weighted by molar-refractivity contribution is 9.10. The Bertz CT molecular complexity index is 852. The number of carbonyl (C=O) groups excluding carboxylic acids is 1. The van der Waals surface area contributed by atoms with Gasteiger partial charge in [0.1, 0.15) is 5.75 Å². The molecule has 26 heavy (non-hydrogen) atoms. The standard InChI is InChI=1S/C17H16BrN3O5/c1-10-3-5-14(6-4-10)26-11(2)17(23)20-19-9-12-7-13(18)8-15(16(12)22)21(24)25/h3-9,11,22H,1-2H3,(H,20,23)/b19-9+. The fourth-order valence-corrected chi connectivity index (χ4v) is 2.44. The number of carbonyl (C=O) groups is 1. The lowest BCUT2D eigenvalue weighted by Gasteiger charge is -2.13. The highest BCUT2D eigenvalue weighted by atomic mass is 79.9. The van der Waals surface area contributed by atoms with Crippen LogP contribution in [0.15, 0.2) is 46.0 Å². The van der Waals surface area contributed by atoms with Gasteiger partial charge in [0.25, 0.3) is 5.91 Å². The average Bonchev–Trinajstić information content (AvgIpc) is 2.59. The van der Waals surface area contributed by atoms with Crippen LogP contribution in [0, 0.1) is 17.0 Å². The maximum atomic E-state index is 12.0. The summed E-state index contributed by atoms with van der Waals surface area (Å²) < 4.78 is 5.89.